The zero-order valence-corrected chi connectivity index (χ0v) is 12.6. The molecule has 0 aliphatic heterocycles. The van der Waals surface area contributed by atoms with Gasteiger partial charge in [0.05, 0.1) is 6.54 Å². The number of nitrogens with one attached hydrogen (secondary N) is 1. The van der Waals surface area contributed by atoms with E-state index in [1.165, 1.54) is 0 Å². The third-order valence-corrected chi connectivity index (χ3v) is 3.10. The van der Waals surface area contributed by atoms with E-state index in [-0.39, 0.29) is 0 Å². The summed E-state index contributed by atoms with van der Waals surface area (Å²) in [6.07, 6.45) is 3.69. The van der Waals surface area contributed by atoms with Gasteiger partial charge in [-0.05, 0) is 24.3 Å². The maximum atomic E-state index is 6.05. The lowest BCUT2D eigenvalue weighted by atomic mass is 10.2. The number of ether oxygens (including phenoxy) is 1. The van der Waals surface area contributed by atoms with Crippen molar-refractivity contribution in [3.8, 4) is 5.75 Å². The molecule has 0 fully saturated rings. The fourth-order valence-corrected chi connectivity index (χ4v) is 2.02. The molecule has 4 nitrogen and oxygen atoms in total. The Morgan fingerprint density at radius 2 is 2.25 bits per heavy atom. The standard InChI is InChI=1S/C15H20ClN3O/c1-12(2)17-11-13-10-14(16)4-5-15(13)20-9-8-19-7-3-6-18-19/h3-7,10,12,17H,8-9,11H2,1-2H3. The highest BCUT2D eigenvalue weighted by atomic mass is 35.5. The Hall–Kier alpha value is -1.52. The first-order chi connectivity index (χ1) is 9.65. The van der Waals surface area contributed by atoms with Crippen LogP contribution in [0.25, 0.3) is 0 Å². The third kappa shape index (κ3) is 4.54. The van der Waals surface area contributed by atoms with E-state index in [0.29, 0.717) is 12.6 Å². The SMILES string of the molecule is CC(C)NCc1cc(Cl)ccc1OCCn1cccn1. The number of hydrogen-bond donors (Lipinski definition) is 1. The molecule has 0 saturated heterocycles. The van der Waals surface area contributed by atoms with Crippen molar-refractivity contribution in [2.24, 2.45) is 0 Å². The largest absolute Gasteiger partial charge is 0.491 e. The van der Waals surface area contributed by atoms with Gasteiger partial charge in [0, 0.05) is 35.6 Å². The van der Waals surface area contributed by atoms with Gasteiger partial charge in [-0.1, -0.05) is 25.4 Å². The second-order valence-corrected chi connectivity index (χ2v) is 5.34. The molecule has 0 atom stereocenters. The highest BCUT2D eigenvalue weighted by Crippen LogP contribution is 2.23. The summed E-state index contributed by atoms with van der Waals surface area (Å²) >= 11 is 6.05. The molecular formula is C15H20ClN3O. The summed E-state index contributed by atoms with van der Waals surface area (Å²) in [4.78, 5) is 0. The van der Waals surface area contributed by atoms with E-state index in [0.717, 1.165) is 29.4 Å². The van der Waals surface area contributed by atoms with E-state index < -0.39 is 0 Å². The Morgan fingerprint density at radius 1 is 1.40 bits per heavy atom. The predicted molar refractivity (Wildman–Crippen MR) is 81.1 cm³/mol. The molecule has 0 bridgehead atoms. The van der Waals surface area contributed by atoms with Gasteiger partial charge in [0.15, 0.2) is 0 Å². The summed E-state index contributed by atoms with van der Waals surface area (Å²) in [5.41, 5.74) is 1.08. The van der Waals surface area contributed by atoms with Gasteiger partial charge >= 0.3 is 0 Å². The summed E-state index contributed by atoms with van der Waals surface area (Å²) < 4.78 is 7.69. The molecule has 2 aromatic rings. The van der Waals surface area contributed by atoms with Crippen molar-refractivity contribution < 1.29 is 4.74 Å². The molecule has 0 unspecified atom stereocenters. The van der Waals surface area contributed by atoms with Gasteiger partial charge in [0.2, 0.25) is 0 Å². The van der Waals surface area contributed by atoms with Crippen molar-refractivity contribution in [2.45, 2.75) is 33.0 Å². The lowest BCUT2D eigenvalue weighted by Gasteiger charge is -2.14. The first-order valence-corrected chi connectivity index (χ1v) is 7.15. The van der Waals surface area contributed by atoms with Crippen LogP contribution in [0.4, 0.5) is 0 Å². The van der Waals surface area contributed by atoms with Crippen LogP contribution < -0.4 is 10.1 Å². The first kappa shape index (κ1) is 14.9. The van der Waals surface area contributed by atoms with Gasteiger partial charge in [-0.3, -0.25) is 4.68 Å². The molecule has 20 heavy (non-hydrogen) atoms. The molecule has 0 amide bonds. The van der Waals surface area contributed by atoms with Crippen molar-refractivity contribution in [3.05, 3.63) is 47.2 Å². The minimum atomic E-state index is 0.422. The van der Waals surface area contributed by atoms with Crippen LogP contribution in [0, 0.1) is 0 Å². The topological polar surface area (TPSA) is 39.1 Å². The minimum Gasteiger partial charge on any atom is -0.491 e. The molecule has 0 spiro atoms. The molecule has 0 aliphatic carbocycles. The van der Waals surface area contributed by atoms with Crippen LogP contribution in [0.5, 0.6) is 5.75 Å². The smallest absolute Gasteiger partial charge is 0.123 e. The zero-order chi connectivity index (χ0) is 14.4. The summed E-state index contributed by atoms with van der Waals surface area (Å²) in [5, 5.41) is 8.25. The third-order valence-electron chi connectivity index (χ3n) is 2.86. The maximum absolute atomic E-state index is 6.05. The molecule has 108 valence electrons. The molecular weight excluding hydrogens is 274 g/mol. The molecule has 5 heteroatoms. The highest BCUT2D eigenvalue weighted by Gasteiger charge is 2.06. The fourth-order valence-electron chi connectivity index (χ4n) is 1.82. The van der Waals surface area contributed by atoms with E-state index in [9.17, 15) is 0 Å². The van der Waals surface area contributed by atoms with Gasteiger partial charge in [-0.15, -0.1) is 0 Å². The Morgan fingerprint density at radius 3 is 2.95 bits per heavy atom. The Labute approximate surface area is 124 Å². The van der Waals surface area contributed by atoms with E-state index in [1.54, 1.807) is 6.20 Å². The van der Waals surface area contributed by atoms with E-state index in [1.807, 2.05) is 35.1 Å². The van der Waals surface area contributed by atoms with Crippen LogP contribution >= 0.6 is 11.6 Å². The molecule has 2 rings (SSSR count). The van der Waals surface area contributed by atoms with Crippen molar-refractivity contribution in [2.75, 3.05) is 6.61 Å². The zero-order valence-electron chi connectivity index (χ0n) is 11.8. The molecule has 0 radical (unpaired) electrons. The number of nitrogens with zero attached hydrogens (tertiary/aromatic N) is 2. The maximum Gasteiger partial charge on any atom is 0.123 e. The normalized spacial score (nSPS) is 11.0. The van der Waals surface area contributed by atoms with Crippen LogP contribution in [-0.2, 0) is 13.1 Å². The van der Waals surface area contributed by atoms with Crippen LogP contribution in [0.3, 0.4) is 0 Å². The second-order valence-electron chi connectivity index (χ2n) is 4.91. The van der Waals surface area contributed by atoms with Gasteiger partial charge in [-0.25, -0.2) is 0 Å². The van der Waals surface area contributed by atoms with Gasteiger partial charge < -0.3 is 10.1 Å². The first-order valence-electron chi connectivity index (χ1n) is 6.77. The van der Waals surface area contributed by atoms with Crippen molar-refractivity contribution in [1.82, 2.24) is 15.1 Å². The molecule has 1 N–H and O–H groups in total. The number of aromatic nitrogens is 2. The van der Waals surface area contributed by atoms with Gasteiger partial charge in [0.1, 0.15) is 12.4 Å². The summed E-state index contributed by atoms with van der Waals surface area (Å²) in [6.45, 7) is 6.28. The van der Waals surface area contributed by atoms with E-state index >= 15 is 0 Å². The van der Waals surface area contributed by atoms with E-state index in [4.69, 9.17) is 16.3 Å². The number of hydrogen-bond acceptors (Lipinski definition) is 3. The van der Waals surface area contributed by atoms with Crippen LogP contribution in [0.15, 0.2) is 36.7 Å². The number of rotatable bonds is 7. The molecule has 0 saturated carbocycles. The van der Waals surface area contributed by atoms with E-state index in [2.05, 4.69) is 24.3 Å². The Bertz CT molecular complexity index is 526. The Balaban J connectivity index is 1.95. The minimum absolute atomic E-state index is 0.422. The number of benzene rings is 1. The van der Waals surface area contributed by atoms with Crippen molar-refractivity contribution in [1.29, 1.82) is 0 Å². The average Bonchev–Trinajstić information content (AvgIpc) is 2.91. The summed E-state index contributed by atoms with van der Waals surface area (Å²) in [7, 11) is 0. The summed E-state index contributed by atoms with van der Waals surface area (Å²) in [6, 6.07) is 8.04. The fraction of sp³-hybridized carbons (Fsp3) is 0.400. The predicted octanol–water partition coefficient (Wildman–Crippen LogP) is 3.11. The highest BCUT2D eigenvalue weighted by molar-refractivity contribution is 6.30. The molecule has 1 heterocycles. The molecule has 1 aromatic carbocycles. The van der Waals surface area contributed by atoms with Gasteiger partial charge in [0.25, 0.3) is 0 Å². The van der Waals surface area contributed by atoms with Crippen LogP contribution in [0.1, 0.15) is 19.4 Å². The second kappa shape index (κ2) is 7.31. The summed E-state index contributed by atoms with van der Waals surface area (Å²) in [5.74, 6) is 0.870. The molecule has 0 aliphatic rings. The van der Waals surface area contributed by atoms with Crippen molar-refractivity contribution in [3.63, 3.8) is 0 Å². The Kier molecular flexibility index (Phi) is 5.44. The monoisotopic (exact) mass is 293 g/mol. The average molecular weight is 294 g/mol. The number of halogens is 1. The lowest BCUT2D eigenvalue weighted by molar-refractivity contribution is 0.287. The lowest BCUT2D eigenvalue weighted by Crippen LogP contribution is -2.22. The van der Waals surface area contributed by atoms with Crippen molar-refractivity contribution >= 4 is 11.6 Å². The van der Waals surface area contributed by atoms with Crippen LogP contribution in [-0.4, -0.2) is 22.4 Å². The van der Waals surface area contributed by atoms with Gasteiger partial charge in [-0.2, -0.15) is 5.10 Å². The van der Waals surface area contributed by atoms with Crippen LogP contribution in [0.2, 0.25) is 5.02 Å². The molecule has 1 aromatic heterocycles. The quantitative estimate of drug-likeness (QED) is 0.852.